The highest BCUT2D eigenvalue weighted by Crippen LogP contribution is 2.64. The fourth-order valence-corrected chi connectivity index (χ4v) is 8.92. The third-order valence-corrected chi connectivity index (χ3v) is 11.9. The Morgan fingerprint density at radius 3 is 1.72 bits per heavy atom. The van der Waals surface area contributed by atoms with Crippen molar-refractivity contribution in [2.75, 3.05) is 6.61 Å². The Labute approximate surface area is 360 Å². The molecule has 0 radical (unpaired) electrons. The second kappa shape index (κ2) is 14.3. The molecule has 0 aromatic heterocycles. The number of esters is 3. The fraction of sp³-hybridized carbons (Fsp3) is 0.214. The molecule has 16 N–H and O–H groups in total. The van der Waals surface area contributed by atoms with Gasteiger partial charge in [0, 0.05) is 51.4 Å². The summed E-state index contributed by atoms with van der Waals surface area (Å²) in [6.45, 7) is -1.38. The maximum Gasteiger partial charge on any atom is 0.340 e. The van der Waals surface area contributed by atoms with Gasteiger partial charge in [-0.15, -0.1) is 0 Å². The number of ether oxygens (including phenoxy) is 4. The molecule has 9 rings (SSSR count). The summed E-state index contributed by atoms with van der Waals surface area (Å²) in [5.74, 6) is -24.6. The normalized spacial score (nSPS) is 23.0. The van der Waals surface area contributed by atoms with Gasteiger partial charge in [-0.1, -0.05) is 6.07 Å². The molecule has 0 saturated heterocycles. The van der Waals surface area contributed by atoms with E-state index in [1.54, 1.807) is 0 Å². The number of phenols is 13. The van der Waals surface area contributed by atoms with Gasteiger partial charge in [0.15, 0.2) is 64.3 Å². The first kappa shape index (κ1) is 41.9. The Bertz CT molecular complexity index is 2980. The van der Waals surface area contributed by atoms with Crippen LogP contribution in [0, 0.1) is 0 Å². The average molecular weight is 905 g/mol. The van der Waals surface area contributed by atoms with Crippen molar-refractivity contribution in [3.63, 3.8) is 0 Å². The second-order valence-corrected chi connectivity index (χ2v) is 15.4. The molecule has 0 fully saturated rings. The highest BCUT2D eigenvalue weighted by atomic mass is 16.6. The zero-order chi connectivity index (χ0) is 47.0. The molecule has 7 atom stereocenters. The van der Waals surface area contributed by atoms with Crippen LogP contribution in [0.25, 0.3) is 22.3 Å². The van der Waals surface area contributed by atoms with Gasteiger partial charge in [0.05, 0.1) is 35.3 Å². The summed E-state index contributed by atoms with van der Waals surface area (Å²) in [6.07, 6.45) is -13.5. The Kier molecular flexibility index (Phi) is 9.23. The second-order valence-electron chi connectivity index (χ2n) is 15.4. The maximum atomic E-state index is 14.9. The SMILES string of the molecule is O=C1O[C@H](CO)[C@@H](O)[C@@H]2OC(=O)c3c(c(O)c(O)c(O)c3-c3c(O)c(O)c(O)c4c3C(=O)O[C@H]2[C@H]4c2c(O)cc(O)c3c2O[C@@H](c2ccc(O)c(O)c2)[C@@H](O)C3)-c2c1cc(O)c(O)c2O. The van der Waals surface area contributed by atoms with Crippen LogP contribution in [0.15, 0.2) is 30.3 Å². The van der Waals surface area contributed by atoms with E-state index in [1.807, 2.05) is 0 Å². The lowest BCUT2D eigenvalue weighted by Gasteiger charge is -2.43. The van der Waals surface area contributed by atoms with Crippen molar-refractivity contribution < 1.29 is 115 Å². The summed E-state index contributed by atoms with van der Waals surface area (Å²) >= 11 is 0. The molecule has 4 aliphatic rings. The van der Waals surface area contributed by atoms with Gasteiger partial charge < -0.3 is 101 Å². The molecule has 0 aliphatic carbocycles. The average Bonchev–Trinajstić information content (AvgIpc) is 3.27. The van der Waals surface area contributed by atoms with Crippen LogP contribution in [0.1, 0.15) is 65.3 Å². The number of carbonyl (C=O) groups excluding carboxylic acids is 3. The lowest BCUT2D eigenvalue weighted by Crippen LogP contribution is -2.54. The molecule has 0 amide bonds. The number of cyclic esters (lactones) is 1. The summed E-state index contributed by atoms with van der Waals surface area (Å²) in [6, 6.07) is 4.40. The molecule has 0 unspecified atom stereocenters. The van der Waals surface area contributed by atoms with Crippen LogP contribution in [0.4, 0.5) is 0 Å². The highest BCUT2D eigenvalue weighted by molar-refractivity contribution is 6.16. The largest absolute Gasteiger partial charge is 0.507 e. The van der Waals surface area contributed by atoms with E-state index >= 15 is 0 Å². The summed E-state index contributed by atoms with van der Waals surface area (Å²) in [5, 5.41) is 179. The van der Waals surface area contributed by atoms with E-state index in [4.69, 9.17) is 18.9 Å². The third-order valence-electron chi connectivity index (χ3n) is 11.9. The third kappa shape index (κ3) is 5.75. The van der Waals surface area contributed by atoms with Gasteiger partial charge >= 0.3 is 17.9 Å². The van der Waals surface area contributed by atoms with Crippen molar-refractivity contribution in [3.8, 4) is 103 Å². The first-order valence-electron chi connectivity index (χ1n) is 19.0. The zero-order valence-corrected chi connectivity index (χ0v) is 32.4. The molecule has 0 spiro atoms. The molecule has 4 aliphatic heterocycles. The first-order valence-corrected chi connectivity index (χ1v) is 19.0. The van der Waals surface area contributed by atoms with E-state index in [0.717, 1.165) is 12.1 Å². The first-order chi connectivity index (χ1) is 30.7. The highest BCUT2D eigenvalue weighted by Gasteiger charge is 2.55. The predicted molar refractivity (Wildman–Crippen MR) is 207 cm³/mol. The van der Waals surface area contributed by atoms with Crippen LogP contribution in [0.3, 0.4) is 0 Å². The van der Waals surface area contributed by atoms with Gasteiger partial charge in [-0.25, -0.2) is 14.4 Å². The van der Waals surface area contributed by atoms with E-state index in [-0.39, 0.29) is 11.1 Å². The quantitative estimate of drug-likeness (QED) is 0.0690. The zero-order valence-electron chi connectivity index (χ0n) is 32.4. The van der Waals surface area contributed by atoms with Crippen LogP contribution in [0.5, 0.6) is 80.5 Å². The Balaban J connectivity index is 1.46. The summed E-state index contributed by atoms with van der Waals surface area (Å²) < 4.78 is 23.1. The predicted octanol–water partition coefficient (Wildman–Crippen LogP) is 1.33. The molecular formula is C42H32O23. The summed E-state index contributed by atoms with van der Waals surface area (Å²) in [7, 11) is 0. The molecule has 5 aromatic carbocycles. The number of aromatic hydroxyl groups is 13. The Morgan fingerprint density at radius 2 is 1.08 bits per heavy atom. The summed E-state index contributed by atoms with van der Waals surface area (Å²) in [5.41, 5.74) is -10.4. The molecular weight excluding hydrogens is 872 g/mol. The van der Waals surface area contributed by atoms with Crippen LogP contribution in [0.2, 0.25) is 0 Å². The number of hydrogen-bond acceptors (Lipinski definition) is 23. The Hall–Kier alpha value is -8.41. The van der Waals surface area contributed by atoms with E-state index < -0.39 is 204 Å². The number of rotatable bonds is 3. The molecule has 4 bridgehead atoms. The number of benzene rings is 5. The standard InChI is InChI=1S/C42H32O23/c43-7-17-28(51)39-38-24(19-14(47)6-12(45)9-4-16(49)36(63-37(9)19)8-1-2-11(44)13(46)3-8)23-26(41(60)64-38)22(32(55)35(58)33(23)56)21-25(42(61)65-39)20(30(53)34(57)31(21)54)18-10(40(59)62-17)5-15(48)27(50)29(18)52/h1-3,5-6,16-17,24,28,36,38-39,43-58H,4,7H2/t16-,17+,24-,28+,36-,38-,39-/m0/s1. The molecule has 23 heteroatoms. The number of carbonyl (C=O) groups is 3. The minimum Gasteiger partial charge on any atom is -0.507 e. The van der Waals surface area contributed by atoms with Crippen LogP contribution < -0.4 is 4.74 Å². The topological polar surface area (TPSA) is 412 Å². The van der Waals surface area contributed by atoms with Gasteiger partial charge in [0.25, 0.3) is 0 Å². The van der Waals surface area contributed by atoms with Crippen molar-refractivity contribution >= 4 is 17.9 Å². The maximum absolute atomic E-state index is 14.9. The monoisotopic (exact) mass is 904 g/mol. The van der Waals surface area contributed by atoms with Crippen molar-refractivity contribution in [1.29, 1.82) is 0 Å². The van der Waals surface area contributed by atoms with Crippen molar-refractivity contribution in [2.24, 2.45) is 0 Å². The van der Waals surface area contributed by atoms with E-state index in [9.17, 15) is 96.1 Å². The minimum absolute atomic E-state index is 0.0127. The van der Waals surface area contributed by atoms with Crippen molar-refractivity contribution in [1.82, 2.24) is 0 Å². The molecule has 23 nitrogen and oxygen atoms in total. The lowest BCUT2D eigenvalue weighted by molar-refractivity contribution is -0.130. The van der Waals surface area contributed by atoms with Crippen LogP contribution >= 0.6 is 0 Å². The number of aliphatic hydroxyl groups excluding tert-OH is 3. The fourth-order valence-electron chi connectivity index (χ4n) is 8.92. The van der Waals surface area contributed by atoms with Crippen molar-refractivity contribution in [3.05, 3.63) is 69.3 Å². The molecule has 0 saturated carbocycles. The van der Waals surface area contributed by atoms with Gasteiger partial charge in [-0.2, -0.15) is 0 Å². The molecule has 4 heterocycles. The number of hydrogen-bond donors (Lipinski definition) is 16. The van der Waals surface area contributed by atoms with Crippen LogP contribution in [-0.4, -0.2) is 137 Å². The van der Waals surface area contributed by atoms with E-state index in [2.05, 4.69) is 0 Å². The van der Waals surface area contributed by atoms with Gasteiger partial charge in [0.2, 0.25) is 17.2 Å². The number of phenolic OH excluding ortho intramolecular Hbond substituents is 13. The van der Waals surface area contributed by atoms with Crippen molar-refractivity contribution in [2.45, 2.75) is 49.0 Å². The van der Waals surface area contributed by atoms with Gasteiger partial charge in [-0.05, 0) is 23.8 Å². The molecule has 5 aromatic rings. The van der Waals surface area contributed by atoms with Gasteiger partial charge in [-0.3, -0.25) is 0 Å². The molecule has 338 valence electrons. The smallest absolute Gasteiger partial charge is 0.340 e. The summed E-state index contributed by atoms with van der Waals surface area (Å²) in [4.78, 5) is 43.5. The van der Waals surface area contributed by atoms with E-state index in [0.29, 0.717) is 12.1 Å². The minimum atomic E-state index is -2.61. The molecule has 65 heavy (non-hydrogen) atoms. The lowest BCUT2D eigenvalue weighted by atomic mass is 9.73. The number of aliphatic hydroxyl groups is 3. The van der Waals surface area contributed by atoms with Gasteiger partial charge in [0.1, 0.15) is 29.5 Å². The number of fused-ring (bicyclic) bond motifs is 9. The van der Waals surface area contributed by atoms with E-state index in [1.165, 1.54) is 6.07 Å². The van der Waals surface area contributed by atoms with Crippen LogP contribution in [-0.2, 0) is 20.6 Å². The Morgan fingerprint density at radius 1 is 0.492 bits per heavy atom.